The molecule has 7 heteroatoms. The molecule has 1 aromatic heterocycles. The van der Waals surface area contributed by atoms with Crippen LogP contribution in [0.5, 0.6) is 0 Å². The van der Waals surface area contributed by atoms with Crippen molar-refractivity contribution in [2.45, 2.75) is 17.2 Å². The van der Waals surface area contributed by atoms with E-state index in [1.807, 2.05) is 19.0 Å². The van der Waals surface area contributed by atoms with Crippen LogP contribution in [0.2, 0.25) is 0 Å². The van der Waals surface area contributed by atoms with Gasteiger partial charge >= 0.3 is 0 Å². The van der Waals surface area contributed by atoms with Crippen LogP contribution in [0.3, 0.4) is 0 Å². The summed E-state index contributed by atoms with van der Waals surface area (Å²) in [6.45, 7) is 1.36. The smallest absolute Gasteiger partial charge is 0.244 e. The third-order valence-electron chi connectivity index (χ3n) is 2.65. The first kappa shape index (κ1) is 15.5. The largest absolute Gasteiger partial charge is 0.363 e. The highest BCUT2D eigenvalue weighted by Gasteiger charge is 2.21. The van der Waals surface area contributed by atoms with Crippen molar-refractivity contribution in [1.29, 1.82) is 0 Å². The Morgan fingerprint density at radius 2 is 1.94 bits per heavy atom. The molecule has 104 valence electrons. The van der Waals surface area contributed by atoms with E-state index in [2.05, 4.69) is 4.98 Å². The minimum absolute atomic E-state index is 0.269. The Morgan fingerprint density at radius 1 is 1.28 bits per heavy atom. The highest BCUT2D eigenvalue weighted by molar-refractivity contribution is 7.89. The van der Waals surface area contributed by atoms with Crippen LogP contribution in [-0.4, -0.2) is 56.8 Å². The van der Waals surface area contributed by atoms with Gasteiger partial charge in [-0.2, -0.15) is 0 Å². The molecule has 1 rings (SSSR count). The van der Waals surface area contributed by atoms with E-state index in [0.29, 0.717) is 12.2 Å². The summed E-state index contributed by atoms with van der Waals surface area (Å²) < 4.78 is 25.7. The van der Waals surface area contributed by atoms with Gasteiger partial charge in [-0.15, -0.1) is 11.6 Å². The molecule has 0 saturated heterocycles. The minimum atomic E-state index is -3.40. The molecule has 0 aliphatic rings. The number of nitrogens with one attached hydrogen (secondary N) is 1. The van der Waals surface area contributed by atoms with Crippen molar-refractivity contribution >= 4 is 21.6 Å². The Bertz CT molecular complexity index is 470. The van der Waals surface area contributed by atoms with Crippen LogP contribution in [-0.2, 0) is 15.9 Å². The van der Waals surface area contributed by atoms with Crippen molar-refractivity contribution in [3.8, 4) is 0 Å². The topological polar surface area (TPSA) is 56.4 Å². The second kappa shape index (κ2) is 6.56. The fourth-order valence-electron chi connectivity index (χ4n) is 1.55. The lowest BCUT2D eigenvalue weighted by Crippen LogP contribution is -2.29. The van der Waals surface area contributed by atoms with Crippen molar-refractivity contribution < 1.29 is 8.42 Å². The molecule has 0 spiro atoms. The number of sulfonamides is 1. The third kappa shape index (κ3) is 3.98. The molecule has 0 aliphatic heterocycles. The van der Waals surface area contributed by atoms with E-state index in [9.17, 15) is 8.42 Å². The lowest BCUT2D eigenvalue weighted by atomic mass is 10.4. The van der Waals surface area contributed by atoms with Crippen molar-refractivity contribution in [2.75, 3.05) is 34.2 Å². The molecule has 0 aliphatic carbocycles. The van der Waals surface area contributed by atoms with Gasteiger partial charge in [-0.25, -0.2) is 12.7 Å². The second-order valence-corrected chi connectivity index (χ2v) is 6.79. The lowest BCUT2D eigenvalue weighted by Gasteiger charge is -2.17. The van der Waals surface area contributed by atoms with Crippen molar-refractivity contribution in [3.63, 3.8) is 0 Å². The number of aromatic nitrogens is 1. The SMILES string of the molecule is CN(C)CCCN(C)S(=O)(=O)c1c[nH]c(CCl)c1. The number of halogens is 1. The van der Waals surface area contributed by atoms with E-state index in [1.54, 1.807) is 13.1 Å². The van der Waals surface area contributed by atoms with Gasteiger partial charge in [0.15, 0.2) is 0 Å². The monoisotopic (exact) mass is 293 g/mol. The Morgan fingerprint density at radius 3 is 2.44 bits per heavy atom. The molecule has 18 heavy (non-hydrogen) atoms. The summed E-state index contributed by atoms with van der Waals surface area (Å²) >= 11 is 5.64. The third-order valence-corrected chi connectivity index (χ3v) is 4.77. The first-order valence-corrected chi connectivity index (χ1v) is 7.69. The molecular weight excluding hydrogens is 274 g/mol. The summed E-state index contributed by atoms with van der Waals surface area (Å²) in [4.78, 5) is 5.14. The fraction of sp³-hybridized carbons (Fsp3) is 0.636. The molecule has 0 amide bonds. The Balaban J connectivity index is 2.67. The maximum absolute atomic E-state index is 12.2. The first-order valence-electron chi connectivity index (χ1n) is 5.72. The zero-order valence-electron chi connectivity index (χ0n) is 11.0. The molecule has 0 bridgehead atoms. The predicted octanol–water partition coefficient (Wildman–Crippen LogP) is 1.33. The number of alkyl halides is 1. The molecule has 0 saturated carbocycles. The molecule has 0 radical (unpaired) electrons. The van der Waals surface area contributed by atoms with Crippen molar-refractivity contribution in [2.24, 2.45) is 0 Å². The average molecular weight is 294 g/mol. The van der Waals surface area contributed by atoms with E-state index in [0.717, 1.165) is 13.0 Å². The van der Waals surface area contributed by atoms with Crippen LogP contribution in [0.1, 0.15) is 12.1 Å². The summed E-state index contributed by atoms with van der Waals surface area (Å²) in [5.74, 6) is 0.278. The molecule has 1 N–H and O–H groups in total. The van der Waals surface area contributed by atoms with Crippen molar-refractivity contribution in [3.05, 3.63) is 18.0 Å². The minimum Gasteiger partial charge on any atom is -0.363 e. The van der Waals surface area contributed by atoms with Crippen LogP contribution in [0.25, 0.3) is 0 Å². The summed E-state index contributed by atoms with van der Waals surface area (Å²) in [5.41, 5.74) is 0.705. The van der Waals surface area contributed by atoms with Gasteiger partial charge in [-0.05, 0) is 33.1 Å². The number of rotatable bonds is 7. The highest BCUT2D eigenvalue weighted by Crippen LogP contribution is 2.16. The molecule has 1 heterocycles. The molecule has 0 atom stereocenters. The van der Waals surface area contributed by atoms with Crippen molar-refractivity contribution in [1.82, 2.24) is 14.2 Å². The molecule has 0 fully saturated rings. The van der Waals surface area contributed by atoms with Gasteiger partial charge in [0.05, 0.1) is 10.8 Å². The maximum atomic E-state index is 12.2. The molecule has 5 nitrogen and oxygen atoms in total. The second-order valence-electron chi connectivity index (χ2n) is 4.48. The molecule has 0 unspecified atom stereocenters. The van der Waals surface area contributed by atoms with E-state index in [-0.39, 0.29) is 10.8 Å². The Kier molecular flexibility index (Phi) is 5.65. The molecular formula is C11H20ClN3O2S. The normalized spacial score (nSPS) is 12.6. The lowest BCUT2D eigenvalue weighted by molar-refractivity contribution is 0.370. The fourth-order valence-corrected chi connectivity index (χ4v) is 2.94. The number of hydrogen-bond donors (Lipinski definition) is 1. The Hall–Kier alpha value is -0.560. The predicted molar refractivity (Wildman–Crippen MR) is 73.3 cm³/mol. The summed E-state index contributed by atoms with van der Waals surface area (Å²) in [6, 6.07) is 1.57. The summed E-state index contributed by atoms with van der Waals surface area (Å²) in [5, 5.41) is 0. The molecule has 1 aromatic rings. The maximum Gasteiger partial charge on any atom is 0.244 e. The van der Waals surface area contributed by atoms with Gasteiger partial charge in [0.2, 0.25) is 10.0 Å². The van der Waals surface area contributed by atoms with Crippen LogP contribution in [0.4, 0.5) is 0 Å². The standard InChI is InChI=1S/C11H20ClN3O2S/c1-14(2)5-4-6-15(3)18(16,17)11-7-10(8-12)13-9-11/h7,9,13H,4-6,8H2,1-3H3. The summed E-state index contributed by atoms with van der Waals surface area (Å²) in [6.07, 6.45) is 2.28. The number of hydrogen-bond acceptors (Lipinski definition) is 3. The number of aromatic amines is 1. The van der Waals surface area contributed by atoms with Gasteiger partial charge in [0.25, 0.3) is 0 Å². The van der Waals surface area contributed by atoms with E-state index in [4.69, 9.17) is 11.6 Å². The van der Waals surface area contributed by atoms with Crippen LogP contribution in [0, 0.1) is 0 Å². The van der Waals surface area contributed by atoms with Gasteiger partial charge in [0, 0.05) is 25.5 Å². The van der Waals surface area contributed by atoms with Crippen LogP contribution >= 0.6 is 11.6 Å². The van der Waals surface area contributed by atoms with Crippen LogP contribution in [0.15, 0.2) is 17.2 Å². The Labute approximate surface area is 114 Å². The quantitative estimate of drug-likeness (QED) is 0.772. The number of H-pyrrole nitrogens is 1. The highest BCUT2D eigenvalue weighted by atomic mass is 35.5. The van der Waals surface area contributed by atoms with Gasteiger partial charge in [-0.3, -0.25) is 0 Å². The molecule has 0 aromatic carbocycles. The van der Waals surface area contributed by atoms with Crippen LogP contribution < -0.4 is 0 Å². The van der Waals surface area contributed by atoms with Gasteiger partial charge < -0.3 is 9.88 Å². The average Bonchev–Trinajstić information content (AvgIpc) is 2.77. The van der Waals surface area contributed by atoms with Gasteiger partial charge in [0.1, 0.15) is 0 Å². The van der Waals surface area contributed by atoms with Gasteiger partial charge in [-0.1, -0.05) is 0 Å². The van der Waals surface area contributed by atoms with E-state index in [1.165, 1.54) is 10.5 Å². The summed E-state index contributed by atoms with van der Waals surface area (Å²) in [7, 11) is 2.13. The zero-order valence-corrected chi connectivity index (χ0v) is 12.6. The van der Waals surface area contributed by atoms with E-state index >= 15 is 0 Å². The number of nitrogens with zero attached hydrogens (tertiary/aromatic N) is 2. The zero-order chi connectivity index (χ0) is 13.8. The van der Waals surface area contributed by atoms with E-state index < -0.39 is 10.0 Å². The first-order chi connectivity index (χ1) is 8.37.